The number of thioether (sulfide) groups is 1. The first-order valence-electron chi connectivity index (χ1n) is 9.30. The molecule has 1 N–H and O–H groups in total. The van der Waals surface area contributed by atoms with E-state index in [1.165, 1.54) is 23.1 Å². The average Bonchev–Trinajstić information content (AvgIpc) is 3.46. The Morgan fingerprint density at radius 1 is 1.06 bits per heavy atom. The lowest BCUT2D eigenvalue weighted by Crippen LogP contribution is -2.10. The van der Waals surface area contributed by atoms with Crippen LogP contribution in [0.5, 0.6) is 0 Å². The monoisotopic (exact) mass is 481 g/mol. The highest BCUT2D eigenvalue weighted by atomic mass is 35.5. The molecule has 0 amide bonds. The van der Waals surface area contributed by atoms with Crippen molar-refractivity contribution in [1.29, 1.82) is 0 Å². The van der Waals surface area contributed by atoms with Crippen LogP contribution in [0.3, 0.4) is 0 Å². The number of thiazole rings is 1. The fraction of sp³-hybridized carbons (Fsp3) is 0.0476. The molecule has 0 spiro atoms. The molecule has 0 bridgehead atoms. The molecular weight excluding hydrogens is 470 g/mol. The summed E-state index contributed by atoms with van der Waals surface area (Å²) in [6, 6.07) is 15.7. The molecule has 31 heavy (non-hydrogen) atoms. The number of para-hydroxylation sites is 1. The number of rotatable bonds is 4. The van der Waals surface area contributed by atoms with Crippen LogP contribution in [-0.4, -0.2) is 24.6 Å². The maximum atomic E-state index is 12.9. The van der Waals surface area contributed by atoms with Gasteiger partial charge in [0.2, 0.25) is 4.96 Å². The summed E-state index contributed by atoms with van der Waals surface area (Å²) in [5.74, 6) is 1.08. The van der Waals surface area contributed by atoms with Gasteiger partial charge in [-0.2, -0.15) is 0 Å². The minimum absolute atomic E-state index is 0.163. The second-order valence-corrected chi connectivity index (χ2v) is 10.00. The van der Waals surface area contributed by atoms with Crippen LogP contribution in [-0.2, 0) is 5.75 Å². The van der Waals surface area contributed by atoms with E-state index in [-0.39, 0.29) is 5.56 Å². The van der Waals surface area contributed by atoms with Crippen molar-refractivity contribution in [3.05, 3.63) is 75.1 Å². The van der Waals surface area contributed by atoms with Crippen LogP contribution in [0.1, 0.15) is 5.82 Å². The molecule has 152 valence electrons. The van der Waals surface area contributed by atoms with Gasteiger partial charge in [-0.3, -0.25) is 9.20 Å². The topological polar surface area (TPSA) is 75.9 Å². The summed E-state index contributed by atoms with van der Waals surface area (Å²) in [4.78, 5) is 22.1. The Balaban J connectivity index is 1.36. The zero-order valence-electron chi connectivity index (χ0n) is 15.7. The molecule has 0 radical (unpaired) electrons. The number of aromatic nitrogens is 5. The van der Waals surface area contributed by atoms with Gasteiger partial charge in [-0.1, -0.05) is 65.0 Å². The molecule has 6 aromatic rings. The number of benzene rings is 2. The molecule has 0 fully saturated rings. The van der Waals surface area contributed by atoms with Crippen LogP contribution in [0.4, 0.5) is 0 Å². The molecule has 0 aliphatic rings. The first kappa shape index (κ1) is 19.0. The third kappa shape index (κ3) is 3.16. The summed E-state index contributed by atoms with van der Waals surface area (Å²) < 4.78 is 3.20. The van der Waals surface area contributed by atoms with Crippen LogP contribution in [0, 0.1) is 0 Å². The molecule has 2 aromatic carbocycles. The molecule has 10 heteroatoms. The summed E-state index contributed by atoms with van der Waals surface area (Å²) >= 11 is 10.9. The van der Waals surface area contributed by atoms with E-state index in [0.29, 0.717) is 26.8 Å². The number of aromatic amines is 1. The van der Waals surface area contributed by atoms with Crippen LogP contribution in [0.15, 0.2) is 63.9 Å². The van der Waals surface area contributed by atoms with E-state index in [1.54, 1.807) is 11.3 Å². The lowest BCUT2D eigenvalue weighted by Gasteiger charge is -2.03. The smallest absolute Gasteiger partial charge is 0.260 e. The highest BCUT2D eigenvalue weighted by molar-refractivity contribution is 7.98. The van der Waals surface area contributed by atoms with Gasteiger partial charge in [0.25, 0.3) is 5.56 Å². The summed E-state index contributed by atoms with van der Waals surface area (Å²) in [5, 5.41) is 12.5. The van der Waals surface area contributed by atoms with E-state index in [0.717, 1.165) is 31.5 Å². The van der Waals surface area contributed by atoms with E-state index in [4.69, 9.17) is 11.6 Å². The highest BCUT2D eigenvalue weighted by Gasteiger charge is 2.16. The van der Waals surface area contributed by atoms with Crippen molar-refractivity contribution in [3.63, 3.8) is 0 Å². The molecule has 4 aromatic heterocycles. The Hall–Kier alpha value is -2.72. The average molecular weight is 482 g/mol. The van der Waals surface area contributed by atoms with Gasteiger partial charge in [-0.05, 0) is 18.2 Å². The van der Waals surface area contributed by atoms with E-state index >= 15 is 0 Å². The Bertz CT molecular complexity index is 1650. The largest absolute Gasteiger partial charge is 0.309 e. The SMILES string of the molecule is O=c1[nH]c(CSc2nnc3sc4ccccc4n23)nc2scc(-c3ccccc3Cl)c12. The van der Waals surface area contributed by atoms with Gasteiger partial charge < -0.3 is 4.98 Å². The fourth-order valence-electron chi connectivity index (χ4n) is 3.52. The molecule has 0 atom stereocenters. The Morgan fingerprint density at radius 2 is 1.90 bits per heavy atom. The Morgan fingerprint density at radius 3 is 2.81 bits per heavy atom. The van der Waals surface area contributed by atoms with E-state index in [1.807, 2.05) is 46.2 Å². The number of hydrogen-bond acceptors (Lipinski definition) is 7. The Labute approximate surface area is 192 Å². The van der Waals surface area contributed by atoms with Gasteiger partial charge >= 0.3 is 0 Å². The first-order chi connectivity index (χ1) is 15.2. The fourth-order valence-corrected chi connectivity index (χ4v) is 6.55. The molecule has 0 aliphatic heterocycles. The number of H-pyrrole nitrogens is 1. The highest BCUT2D eigenvalue weighted by Crippen LogP contribution is 2.35. The maximum Gasteiger partial charge on any atom is 0.260 e. The summed E-state index contributed by atoms with van der Waals surface area (Å²) in [6.45, 7) is 0. The molecule has 4 heterocycles. The van der Waals surface area contributed by atoms with E-state index in [9.17, 15) is 4.79 Å². The summed E-state index contributed by atoms with van der Waals surface area (Å²) in [5.41, 5.74) is 2.56. The van der Waals surface area contributed by atoms with E-state index in [2.05, 4.69) is 32.3 Å². The number of nitrogens with zero attached hydrogens (tertiary/aromatic N) is 4. The number of nitrogens with one attached hydrogen (secondary N) is 1. The molecule has 6 rings (SSSR count). The third-order valence-corrected chi connectivity index (χ3v) is 8.06. The van der Waals surface area contributed by atoms with Crippen molar-refractivity contribution in [2.75, 3.05) is 0 Å². The zero-order valence-corrected chi connectivity index (χ0v) is 18.9. The summed E-state index contributed by atoms with van der Waals surface area (Å²) in [6.07, 6.45) is 0. The third-order valence-electron chi connectivity index (χ3n) is 4.91. The van der Waals surface area contributed by atoms with Gasteiger partial charge in [0, 0.05) is 21.5 Å². The van der Waals surface area contributed by atoms with Crippen LogP contribution in [0.2, 0.25) is 5.02 Å². The van der Waals surface area contributed by atoms with Crippen LogP contribution < -0.4 is 5.56 Å². The molecule has 0 unspecified atom stereocenters. The van der Waals surface area contributed by atoms with Crippen LogP contribution in [0.25, 0.3) is 36.5 Å². The normalized spacial score (nSPS) is 11.8. The molecule has 6 nitrogen and oxygen atoms in total. The number of fused-ring (bicyclic) bond motifs is 4. The minimum atomic E-state index is -0.163. The predicted molar refractivity (Wildman–Crippen MR) is 129 cm³/mol. The molecule has 0 saturated heterocycles. The first-order valence-corrected chi connectivity index (χ1v) is 12.4. The summed E-state index contributed by atoms with van der Waals surface area (Å²) in [7, 11) is 0. The molecule has 0 aliphatic carbocycles. The van der Waals surface area contributed by atoms with Crippen molar-refractivity contribution < 1.29 is 0 Å². The maximum absolute atomic E-state index is 12.9. The molecule has 0 saturated carbocycles. The van der Waals surface area contributed by atoms with Gasteiger partial charge in [0.15, 0.2) is 5.16 Å². The van der Waals surface area contributed by atoms with Crippen molar-refractivity contribution in [2.24, 2.45) is 0 Å². The van der Waals surface area contributed by atoms with Crippen molar-refractivity contribution in [2.45, 2.75) is 10.9 Å². The number of thiophene rings is 1. The van der Waals surface area contributed by atoms with Gasteiger partial charge in [-0.15, -0.1) is 21.5 Å². The second-order valence-electron chi connectivity index (χ2n) is 6.78. The quantitative estimate of drug-likeness (QED) is 0.319. The second kappa shape index (κ2) is 7.45. The van der Waals surface area contributed by atoms with E-state index < -0.39 is 0 Å². The lowest BCUT2D eigenvalue weighted by atomic mass is 10.1. The van der Waals surface area contributed by atoms with Gasteiger partial charge in [0.1, 0.15) is 10.7 Å². The minimum Gasteiger partial charge on any atom is -0.309 e. The zero-order chi connectivity index (χ0) is 20.9. The van der Waals surface area contributed by atoms with Gasteiger partial charge in [-0.25, -0.2) is 4.98 Å². The van der Waals surface area contributed by atoms with Crippen molar-refractivity contribution in [1.82, 2.24) is 24.6 Å². The predicted octanol–water partition coefficient (Wildman–Crippen LogP) is 5.85. The molecular formula is C21H12ClN5OS3. The Kier molecular flexibility index (Phi) is 4.57. The lowest BCUT2D eigenvalue weighted by molar-refractivity contribution is 0.935. The standard InChI is InChI=1S/C21H12ClN5OS3/c22-13-6-2-1-5-11(13)12-9-29-19-17(12)18(28)23-16(24-19)10-30-20-25-26-21-27(20)14-7-3-4-8-15(14)31-21/h1-9H,10H2,(H,23,24,28). The number of hydrogen-bond donors (Lipinski definition) is 1. The van der Waals surface area contributed by atoms with Crippen molar-refractivity contribution in [3.8, 4) is 11.1 Å². The van der Waals surface area contributed by atoms with Crippen molar-refractivity contribution >= 4 is 71.4 Å². The van der Waals surface area contributed by atoms with Crippen LogP contribution >= 0.6 is 46.0 Å². The number of halogens is 1. The van der Waals surface area contributed by atoms with Gasteiger partial charge in [0.05, 0.1) is 21.4 Å².